The number of rotatable bonds is 5. The molecule has 1 fully saturated rings. The average molecular weight is 396 g/mol. The van der Waals surface area contributed by atoms with Gasteiger partial charge in [0.05, 0.1) is 5.56 Å². The Labute approximate surface area is 170 Å². The van der Waals surface area contributed by atoms with Crippen LogP contribution in [0.3, 0.4) is 0 Å². The maximum absolute atomic E-state index is 13.8. The van der Waals surface area contributed by atoms with Gasteiger partial charge in [-0.05, 0) is 38.0 Å². The van der Waals surface area contributed by atoms with Crippen LogP contribution in [-0.4, -0.2) is 54.0 Å². The Morgan fingerprint density at radius 3 is 2.79 bits per heavy atom. The van der Waals surface area contributed by atoms with Crippen LogP contribution in [0.1, 0.15) is 39.4 Å². The highest BCUT2D eigenvalue weighted by atomic mass is 19.1. The van der Waals surface area contributed by atoms with Crippen LogP contribution < -0.4 is 10.2 Å². The predicted molar refractivity (Wildman–Crippen MR) is 108 cm³/mol. The van der Waals surface area contributed by atoms with E-state index in [1.807, 2.05) is 19.9 Å². The van der Waals surface area contributed by atoms with Gasteiger partial charge in [-0.2, -0.15) is 5.26 Å². The van der Waals surface area contributed by atoms with Gasteiger partial charge in [0.2, 0.25) is 5.82 Å². The van der Waals surface area contributed by atoms with Crippen LogP contribution in [0.25, 0.3) is 0 Å². The number of aryl methyl sites for hydroxylation is 1. The van der Waals surface area contributed by atoms with Crippen LogP contribution in [-0.2, 0) is 6.54 Å². The van der Waals surface area contributed by atoms with Crippen molar-refractivity contribution in [3.8, 4) is 6.07 Å². The zero-order valence-corrected chi connectivity index (χ0v) is 17.2. The van der Waals surface area contributed by atoms with Crippen molar-refractivity contribution in [3.63, 3.8) is 0 Å². The molecule has 7 nitrogen and oxygen atoms in total. The number of aromatic nitrogens is 2. The van der Waals surface area contributed by atoms with Crippen molar-refractivity contribution in [1.29, 1.82) is 5.26 Å². The van der Waals surface area contributed by atoms with Gasteiger partial charge in [-0.25, -0.2) is 14.4 Å². The normalized spacial score (nSPS) is 16.0. The van der Waals surface area contributed by atoms with Gasteiger partial charge in [0.25, 0.3) is 5.91 Å². The Kier molecular flexibility index (Phi) is 6.09. The van der Waals surface area contributed by atoms with E-state index in [9.17, 15) is 9.18 Å². The average Bonchev–Trinajstić information content (AvgIpc) is 3.16. The van der Waals surface area contributed by atoms with Crippen LogP contribution in [0.5, 0.6) is 0 Å². The highest BCUT2D eigenvalue weighted by Gasteiger charge is 2.26. The fraction of sp³-hybridized carbons (Fsp3) is 0.429. The lowest BCUT2D eigenvalue weighted by molar-refractivity contribution is 0.0815. The SMILES string of the molecule is Cc1nc(C(=O)N(C)C)nc(N2CC[C@@H](NCc3ccc(C#N)c(F)c3)C2)c1C. The van der Waals surface area contributed by atoms with Gasteiger partial charge < -0.3 is 15.1 Å². The number of carbonyl (C=O) groups is 1. The summed E-state index contributed by atoms with van der Waals surface area (Å²) in [6.07, 6.45) is 0.915. The largest absolute Gasteiger partial charge is 0.355 e. The van der Waals surface area contributed by atoms with E-state index in [1.165, 1.54) is 17.0 Å². The summed E-state index contributed by atoms with van der Waals surface area (Å²) in [5.41, 5.74) is 2.62. The minimum absolute atomic E-state index is 0.0541. The van der Waals surface area contributed by atoms with E-state index in [2.05, 4.69) is 20.2 Å². The molecule has 0 bridgehead atoms. The van der Waals surface area contributed by atoms with Crippen molar-refractivity contribution in [2.45, 2.75) is 32.9 Å². The van der Waals surface area contributed by atoms with Crippen molar-refractivity contribution in [1.82, 2.24) is 20.2 Å². The second-order valence-corrected chi connectivity index (χ2v) is 7.52. The summed E-state index contributed by atoms with van der Waals surface area (Å²) in [7, 11) is 3.37. The summed E-state index contributed by atoms with van der Waals surface area (Å²) in [5.74, 6) is 0.282. The fourth-order valence-corrected chi connectivity index (χ4v) is 3.36. The summed E-state index contributed by atoms with van der Waals surface area (Å²) in [5, 5.41) is 12.3. The Morgan fingerprint density at radius 2 is 2.14 bits per heavy atom. The Hall–Kier alpha value is -3.05. The summed E-state index contributed by atoms with van der Waals surface area (Å²) in [6, 6.07) is 6.71. The molecular formula is C21H25FN6O. The third-order valence-corrected chi connectivity index (χ3v) is 5.20. The maximum atomic E-state index is 13.8. The van der Waals surface area contributed by atoms with Crippen LogP contribution in [0, 0.1) is 31.0 Å². The zero-order valence-electron chi connectivity index (χ0n) is 17.2. The van der Waals surface area contributed by atoms with Gasteiger partial charge in [-0.1, -0.05) is 6.07 Å². The minimum Gasteiger partial charge on any atom is -0.355 e. The van der Waals surface area contributed by atoms with E-state index in [1.54, 1.807) is 20.2 Å². The molecule has 0 spiro atoms. The van der Waals surface area contributed by atoms with Gasteiger partial charge in [0.1, 0.15) is 17.7 Å². The fourth-order valence-electron chi connectivity index (χ4n) is 3.36. The minimum atomic E-state index is -0.495. The maximum Gasteiger partial charge on any atom is 0.291 e. The van der Waals surface area contributed by atoms with E-state index in [4.69, 9.17) is 5.26 Å². The molecule has 1 N–H and O–H groups in total. The van der Waals surface area contributed by atoms with E-state index < -0.39 is 5.82 Å². The molecule has 1 aromatic carbocycles. The molecule has 0 unspecified atom stereocenters. The number of benzene rings is 1. The monoisotopic (exact) mass is 396 g/mol. The first-order valence-corrected chi connectivity index (χ1v) is 9.54. The van der Waals surface area contributed by atoms with E-state index in [0.717, 1.165) is 42.1 Å². The van der Waals surface area contributed by atoms with Crippen LogP contribution in [0.15, 0.2) is 18.2 Å². The highest BCUT2D eigenvalue weighted by molar-refractivity contribution is 5.90. The number of nitrogens with one attached hydrogen (secondary N) is 1. The molecule has 2 heterocycles. The topological polar surface area (TPSA) is 85.2 Å². The summed E-state index contributed by atoms with van der Waals surface area (Å²) >= 11 is 0. The van der Waals surface area contributed by atoms with Gasteiger partial charge in [-0.3, -0.25) is 4.79 Å². The second-order valence-electron chi connectivity index (χ2n) is 7.52. The third kappa shape index (κ3) is 4.51. The standard InChI is InChI=1S/C21H25FN6O/c1-13-14(2)25-19(21(29)27(3)4)26-20(13)28-8-7-17(12-28)24-11-15-5-6-16(10-23)18(22)9-15/h5-6,9,17,24H,7-8,11-12H2,1-4H3/t17-/m1/s1. The Morgan fingerprint density at radius 1 is 1.38 bits per heavy atom. The molecule has 1 aliphatic heterocycles. The molecule has 2 aromatic rings. The zero-order chi connectivity index (χ0) is 21.1. The molecule has 152 valence electrons. The van der Waals surface area contributed by atoms with Gasteiger partial charge >= 0.3 is 0 Å². The number of nitrogens with zero attached hydrogens (tertiary/aromatic N) is 5. The molecule has 1 saturated heterocycles. The molecule has 1 aromatic heterocycles. The summed E-state index contributed by atoms with van der Waals surface area (Å²) in [4.78, 5) is 24.8. The third-order valence-electron chi connectivity index (χ3n) is 5.20. The van der Waals surface area contributed by atoms with Gasteiger partial charge in [0.15, 0.2) is 0 Å². The molecule has 0 saturated carbocycles. The van der Waals surface area contributed by atoms with Crippen molar-refractivity contribution < 1.29 is 9.18 Å². The molecule has 0 radical (unpaired) electrons. The number of hydrogen-bond donors (Lipinski definition) is 1. The molecule has 1 amide bonds. The van der Waals surface area contributed by atoms with Crippen molar-refractivity contribution in [2.75, 3.05) is 32.1 Å². The number of anilines is 1. The van der Waals surface area contributed by atoms with Crippen molar-refractivity contribution in [3.05, 3.63) is 52.2 Å². The van der Waals surface area contributed by atoms with E-state index >= 15 is 0 Å². The first-order chi connectivity index (χ1) is 13.8. The quantitative estimate of drug-likeness (QED) is 0.834. The number of carbonyl (C=O) groups excluding carboxylic acids is 1. The van der Waals surface area contributed by atoms with Crippen molar-refractivity contribution >= 4 is 11.7 Å². The van der Waals surface area contributed by atoms with Crippen molar-refractivity contribution in [2.24, 2.45) is 0 Å². The molecule has 8 heteroatoms. The first kappa shape index (κ1) is 20.7. The smallest absolute Gasteiger partial charge is 0.291 e. The van der Waals surface area contributed by atoms with Crippen LogP contribution >= 0.6 is 0 Å². The number of hydrogen-bond acceptors (Lipinski definition) is 6. The lowest BCUT2D eigenvalue weighted by Crippen LogP contribution is -2.33. The first-order valence-electron chi connectivity index (χ1n) is 9.54. The van der Waals surface area contributed by atoms with Crippen LogP contribution in [0.4, 0.5) is 10.2 Å². The van der Waals surface area contributed by atoms with Gasteiger partial charge in [-0.15, -0.1) is 0 Å². The molecule has 1 aliphatic rings. The molecule has 29 heavy (non-hydrogen) atoms. The summed E-state index contributed by atoms with van der Waals surface area (Å²) in [6.45, 7) is 5.93. The molecule has 1 atom stereocenters. The Bertz CT molecular complexity index is 968. The highest BCUT2D eigenvalue weighted by Crippen LogP contribution is 2.24. The number of halogens is 1. The summed E-state index contributed by atoms with van der Waals surface area (Å²) < 4.78 is 13.8. The van der Waals surface area contributed by atoms with Crippen LogP contribution in [0.2, 0.25) is 0 Å². The predicted octanol–water partition coefficient (Wildman–Crippen LogP) is 2.17. The Balaban J connectivity index is 1.68. The number of nitriles is 1. The molecule has 0 aliphatic carbocycles. The number of amides is 1. The lowest BCUT2D eigenvalue weighted by Gasteiger charge is -2.22. The lowest BCUT2D eigenvalue weighted by atomic mass is 10.1. The van der Waals surface area contributed by atoms with E-state index in [0.29, 0.717) is 6.54 Å². The van der Waals surface area contributed by atoms with E-state index in [-0.39, 0.29) is 23.3 Å². The molecular weight excluding hydrogens is 371 g/mol. The molecule has 3 rings (SSSR count). The van der Waals surface area contributed by atoms with Gasteiger partial charge in [0, 0.05) is 51.0 Å². The second kappa shape index (κ2) is 8.53.